The normalized spacial score (nSPS) is 11.2. The Morgan fingerprint density at radius 3 is 2.50 bits per heavy atom. The number of hydrogen-bond acceptors (Lipinski definition) is 3. The fraction of sp³-hybridized carbons (Fsp3) is 0.0588. The lowest BCUT2D eigenvalue weighted by molar-refractivity contribution is 0.476. The predicted octanol–water partition coefficient (Wildman–Crippen LogP) is 4.01. The van der Waals surface area contributed by atoms with Crippen LogP contribution in [0.2, 0.25) is 5.02 Å². The average molecular weight is 312 g/mol. The van der Waals surface area contributed by atoms with Crippen molar-refractivity contribution in [2.45, 2.75) is 0 Å². The van der Waals surface area contributed by atoms with Crippen molar-refractivity contribution >= 4 is 23.8 Å². The number of aromatic hydroxyl groups is 1. The van der Waals surface area contributed by atoms with Gasteiger partial charge in [-0.25, -0.2) is 9.67 Å². The molecule has 0 aliphatic rings. The predicted molar refractivity (Wildman–Crippen MR) is 88.5 cm³/mol. The molecule has 3 rings (SSSR count). The van der Waals surface area contributed by atoms with Gasteiger partial charge in [-0.05, 0) is 35.9 Å². The number of phenolic OH excluding ortho intramolecular Hbond substituents is 1. The maximum Gasteiger partial charge on any atom is 0.174 e. The highest BCUT2D eigenvalue weighted by molar-refractivity contribution is 6.30. The van der Waals surface area contributed by atoms with Crippen LogP contribution in [0.4, 0.5) is 0 Å². The summed E-state index contributed by atoms with van der Waals surface area (Å²) in [5.74, 6) is 1.38. The van der Waals surface area contributed by atoms with E-state index in [4.69, 9.17) is 11.6 Å². The molecular weight excluding hydrogens is 298 g/mol. The molecule has 0 bridgehead atoms. The quantitative estimate of drug-likeness (QED) is 0.795. The van der Waals surface area contributed by atoms with Crippen molar-refractivity contribution < 1.29 is 5.11 Å². The lowest BCUT2D eigenvalue weighted by Gasteiger charge is -2.01. The summed E-state index contributed by atoms with van der Waals surface area (Å²) in [6, 6.07) is 14.6. The van der Waals surface area contributed by atoms with Gasteiger partial charge in [-0.15, -0.1) is 0 Å². The van der Waals surface area contributed by atoms with E-state index in [1.165, 1.54) is 0 Å². The van der Waals surface area contributed by atoms with Crippen LogP contribution in [-0.2, 0) is 7.05 Å². The molecule has 0 saturated carbocycles. The maximum absolute atomic E-state index is 9.92. The molecule has 2 aromatic carbocycles. The molecule has 0 atom stereocenters. The van der Waals surface area contributed by atoms with Crippen LogP contribution in [0.25, 0.3) is 23.5 Å². The van der Waals surface area contributed by atoms with Gasteiger partial charge in [-0.3, -0.25) is 0 Å². The van der Waals surface area contributed by atoms with Gasteiger partial charge in [0.05, 0.1) is 5.56 Å². The smallest absolute Gasteiger partial charge is 0.174 e. The van der Waals surface area contributed by atoms with Gasteiger partial charge in [-0.2, -0.15) is 5.10 Å². The molecule has 0 unspecified atom stereocenters. The van der Waals surface area contributed by atoms with Gasteiger partial charge in [0.25, 0.3) is 0 Å². The SMILES string of the molecule is Cn1nc(/C=C/c2ccc(Cl)cc2)nc1-c1ccccc1O. The van der Waals surface area contributed by atoms with Crippen molar-refractivity contribution in [3.8, 4) is 17.1 Å². The lowest BCUT2D eigenvalue weighted by Crippen LogP contribution is -1.94. The number of aryl methyl sites for hydroxylation is 1. The van der Waals surface area contributed by atoms with Gasteiger partial charge >= 0.3 is 0 Å². The molecule has 5 heteroatoms. The average Bonchev–Trinajstić information content (AvgIpc) is 2.88. The summed E-state index contributed by atoms with van der Waals surface area (Å²) in [4.78, 5) is 4.45. The minimum Gasteiger partial charge on any atom is -0.507 e. The van der Waals surface area contributed by atoms with Crippen molar-refractivity contribution in [3.05, 3.63) is 64.9 Å². The first-order chi connectivity index (χ1) is 10.6. The Hall–Kier alpha value is -2.59. The topological polar surface area (TPSA) is 50.9 Å². The lowest BCUT2D eigenvalue weighted by atomic mass is 10.2. The standard InChI is InChI=1S/C17H14ClN3O/c1-21-17(14-4-2-3-5-15(14)22)19-16(20-21)11-8-12-6-9-13(18)10-7-12/h2-11,22H,1H3/b11-8+. The number of nitrogens with zero attached hydrogens (tertiary/aromatic N) is 3. The zero-order valence-electron chi connectivity index (χ0n) is 11.9. The molecule has 1 N–H and O–H groups in total. The van der Waals surface area contributed by atoms with Crippen LogP contribution >= 0.6 is 11.6 Å². The van der Waals surface area contributed by atoms with E-state index in [9.17, 15) is 5.11 Å². The maximum atomic E-state index is 9.92. The van der Waals surface area contributed by atoms with Crippen LogP contribution in [0.3, 0.4) is 0 Å². The first-order valence-corrected chi connectivity index (χ1v) is 7.14. The van der Waals surface area contributed by atoms with E-state index in [0.717, 1.165) is 5.56 Å². The second kappa shape index (κ2) is 6.03. The summed E-state index contributed by atoms with van der Waals surface area (Å²) in [7, 11) is 1.80. The molecule has 22 heavy (non-hydrogen) atoms. The third kappa shape index (κ3) is 3.02. The van der Waals surface area contributed by atoms with Gasteiger partial charge in [-0.1, -0.05) is 41.9 Å². The zero-order valence-corrected chi connectivity index (χ0v) is 12.7. The highest BCUT2D eigenvalue weighted by Crippen LogP contribution is 2.26. The third-order valence-corrected chi connectivity index (χ3v) is 3.47. The fourth-order valence-corrected chi connectivity index (χ4v) is 2.24. The van der Waals surface area contributed by atoms with E-state index in [2.05, 4.69) is 10.1 Å². The minimum absolute atomic E-state index is 0.186. The molecule has 1 aromatic heterocycles. The summed E-state index contributed by atoms with van der Waals surface area (Å²) in [6.45, 7) is 0. The first kappa shape index (κ1) is 14.4. The second-order valence-corrected chi connectivity index (χ2v) is 5.26. The van der Waals surface area contributed by atoms with Crippen molar-refractivity contribution in [1.29, 1.82) is 0 Å². The summed E-state index contributed by atoms with van der Waals surface area (Å²) >= 11 is 5.86. The summed E-state index contributed by atoms with van der Waals surface area (Å²) in [6.07, 6.45) is 3.74. The Labute approximate surface area is 133 Å². The van der Waals surface area contributed by atoms with Crippen molar-refractivity contribution in [1.82, 2.24) is 14.8 Å². The Morgan fingerprint density at radius 2 is 1.77 bits per heavy atom. The Balaban J connectivity index is 1.89. The zero-order chi connectivity index (χ0) is 15.5. The van der Waals surface area contributed by atoms with Crippen molar-refractivity contribution in [2.24, 2.45) is 7.05 Å². The number of halogens is 1. The number of benzene rings is 2. The molecule has 0 radical (unpaired) electrons. The number of para-hydroxylation sites is 1. The molecule has 0 spiro atoms. The van der Waals surface area contributed by atoms with Crippen LogP contribution in [0.15, 0.2) is 48.5 Å². The van der Waals surface area contributed by atoms with E-state index in [0.29, 0.717) is 22.2 Å². The third-order valence-electron chi connectivity index (χ3n) is 3.22. The van der Waals surface area contributed by atoms with Crippen LogP contribution < -0.4 is 0 Å². The first-order valence-electron chi connectivity index (χ1n) is 6.76. The van der Waals surface area contributed by atoms with Crippen LogP contribution in [0.5, 0.6) is 5.75 Å². The molecular formula is C17H14ClN3O. The molecule has 1 heterocycles. The van der Waals surface area contributed by atoms with E-state index >= 15 is 0 Å². The highest BCUT2D eigenvalue weighted by Gasteiger charge is 2.11. The summed E-state index contributed by atoms with van der Waals surface area (Å²) < 4.78 is 1.65. The van der Waals surface area contributed by atoms with Gasteiger partial charge in [0.15, 0.2) is 11.6 Å². The number of hydrogen-bond donors (Lipinski definition) is 1. The fourth-order valence-electron chi connectivity index (χ4n) is 2.12. The second-order valence-electron chi connectivity index (χ2n) is 4.82. The van der Waals surface area contributed by atoms with E-state index in [1.54, 1.807) is 23.9 Å². The van der Waals surface area contributed by atoms with Crippen LogP contribution in [-0.4, -0.2) is 19.9 Å². The van der Waals surface area contributed by atoms with E-state index in [-0.39, 0.29) is 5.75 Å². The molecule has 0 amide bonds. The minimum atomic E-state index is 0.186. The number of rotatable bonds is 3. The molecule has 0 saturated heterocycles. The van der Waals surface area contributed by atoms with Gasteiger partial charge in [0, 0.05) is 12.1 Å². The molecule has 3 aromatic rings. The van der Waals surface area contributed by atoms with Gasteiger partial charge < -0.3 is 5.11 Å². The monoisotopic (exact) mass is 311 g/mol. The largest absolute Gasteiger partial charge is 0.507 e. The molecule has 0 aliphatic carbocycles. The highest BCUT2D eigenvalue weighted by atomic mass is 35.5. The van der Waals surface area contributed by atoms with Crippen molar-refractivity contribution in [2.75, 3.05) is 0 Å². The van der Waals surface area contributed by atoms with Crippen LogP contribution in [0, 0.1) is 0 Å². The molecule has 110 valence electrons. The molecule has 0 fully saturated rings. The Kier molecular flexibility index (Phi) is 3.94. The molecule has 4 nitrogen and oxygen atoms in total. The summed E-state index contributed by atoms with van der Waals surface area (Å²) in [5.41, 5.74) is 1.67. The van der Waals surface area contributed by atoms with E-state index < -0.39 is 0 Å². The number of phenols is 1. The Bertz CT molecular complexity index is 822. The Morgan fingerprint density at radius 1 is 1.05 bits per heavy atom. The number of aromatic nitrogens is 3. The molecule has 0 aliphatic heterocycles. The van der Waals surface area contributed by atoms with Gasteiger partial charge in [0.2, 0.25) is 0 Å². The van der Waals surface area contributed by atoms with Crippen LogP contribution in [0.1, 0.15) is 11.4 Å². The van der Waals surface area contributed by atoms with E-state index in [1.807, 2.05) is 48.6 Å². The summed E-state index contributed by atoms with van der Waals surface area (Å²) in [5, 5.41) is 15.0. The van der Waals surface area contributed by atoms with Gasteiger partial charge in [0.1, 0.15) is 5.75 Å². The van der Waals surface area contributed by atoms with Crippen molar-refractivity contribution in [3.63, 3.8) is 0 Å².